The van der Waals surface area contributed by atoms with Gasteiger partial charge in [0.2, 0.25) is 5.91 Å². The standard InChI is InChI=1S/C14H17F2NOS/c15-11-6-3-7-12(16)10(11)8-19-13(14(17)18)9-4-1-2-5-9/h3,6-7,9,13H,1-2,4-5,8H2,(H2,17,18). The van der Waals surface area contributed by atoms with Crippen LogP contribution in [0.5, 0.6) is 0 Å². The van der Waals surface area contributed by atoms with Crippen LogP contribution in [0.3, 0.4) is 0 Å². The molecule has 1 unspecified atom stereocenters. The molecular formula is C14H17F2NOS. The number of primary amides is 1. The lowest BCUT2D eigenvalue weighted by Crippen LogP contribution is -2.31. The number of hydrogen-bond donors (Lipinski definition) is 1. The molecular weight excluding hydrogens is 268 g/mol. The summed E-state index contributed by atoms with van der Waals surface area (Å²) in [6, 6.07) is 3.79. The summed E-state index contributed by atoms with van der Waals surface area (Å²) in [5.41, 5.74) is 5.43. The third-order valence-electron chi connectivity index (χ3n) is 3.58. The van der Waals surface area contributed by atoms with Crippen molar-refractivity contribution in [1.29, 1.82) is 0 Å². The zero-order chi connectivity index (χ0) is 13.8. The third kappa shape index (κ3) is 3.47. The van der Waals surface area contributed by atoms with E-state index >= 15 is 0 Å². The molecule has 1 aliphatic carbocycles. The molecule has 104 valence electrons. The molecule has 1 amide bonds. The van der Waals surface area contributed by atoms with Gasteiger partial charge < -0.3 is 5.73 Å². The van der Waals surface area contributed by atoms with Gasteiger partial charge in [-0.05, 0) is 30.9 Å². The van der Waals surface area contributed by atoms with Gasteiger partial charge in [-0.25, -0.2) is 8.78 Å². The Bertz CT molecular complexity index is 441. The van der Waals surface area contributed by atoms with Crippen LogP contribution in [0.4, 0.5) is 8.78 Å². The molecule has 2 nitrogen and oxygen atoms in total. The van der Waals surface area contributed by atoms with Crippen LogP contribution < -0.4 is 5.73 Å². The number of hydrogen-bond acceptors (Lipinski definition) is 2. The second-order valence-electron chi connectivity index (χ2n) is 4.88. The van der Waals surface area contributed by atoms with Gasteiger partial charge in [-0.2, -0.15) is 0 Å². The van der Waals surface area contributed by atoms with Crippen LogP contribution in [0.15, 0.2) is 18.2 Å². The van der Waals surface area contributed by atoms with Crippen LogP contribution in [-0.2, 0) is 10.5 Å². The Morgan fingerprint density at radius 3 is 2.42 bits per heavy atom. The maximum atomic E-state index is 13.5. The van der Waals surface area contributed by atoms with Crippen molar-refractivity contribution in [3.63, 3.8) is 0 Å². The average Bonchev–Trinajstić information content (AvgIpc) is 2.86. The molecule has 0 heterocycles. The predicted octanol–water partition coefficient (Wildman–Crippen LogP) is 3.24. The fraction of sp³-hybridized carbons (Fsp3) is 0.500. The van der Waals surface area contributed by atoms with Crippen LogP contribution in [0.1, 0.15) is 31.2 Å². The van der Waals surface area contributed by atoms with Gasteiger partial charge in [0, 0.05) is 11.3 Å². The molecule has 0 aliphatic heterocycles. The van der Waals surface area contributed by atoms with E-state index in [2.05, 4.69) is 0 Å². The number of amides is 1. The lowest BCUT2D eigenvalue weighted by Gasteiger charge is -2.19. The quantitative estimate of drug-likeness (QED) is 0.902. The number of halogens is 2. The summed E-state index contributed by atoms with van der Waals surface area (Å²) >= 11 is 1.25. The summed E-state index contributed by atoms with van der Waals surface area (Å²) in [4.78, 5) is 11.5. The van der Waals surface area contributed by atoms with E-state index in [0.29, 0.717) is 0 Å². The van der Waals surface area contributed by atoms with Crippen molar-refractivity contribution in [3.05, 3.63) is 35.4 Å². The largest absolute Gasteiger partial charge is 0.369 e. The Kier molecular flexibility index (Phi) is 4.80. The second kappa shape index (κ2) is 6.37. The predicted molar refractivity (Wildman–Crippen MR) is 72.6 cm³/mol. The van der Waals surface area contributed by atoms with Gasteiger partial charge in [0.25, 0.3) is 0 Å². The van der Waals surface area contributed by atoms with Crippen molar-refractivity contribution in [2.75, 3.05) is 0 Å². The van der Waals surface area contributed by atoms with Gasteiger partial charge in [-0.1, -0.05) is 18.9 Å². The van der Waals surface area contributed by atoms with E-state index in [1.54, 1.807) is 0 Å². The molecule has 1 fully saturated rings. The first kappa shape index (κ1) is 14.3. The Morgan fingerprint density at radius 2 is 1.89 bits per heavy atom. The molecule has 19 heavy (non-hydrogen) atoms. The van der Waals surface area contributed by atoms with Crippen molar-refractivity contribution in [1.82, 2.24) is 0 Å². The molecule has 1 atom stereocenters. The molecule has 1 aromatic carbocycles. The molecule has 0 spiro atoms. The smallest absolute Gasteiger partial charge is 0.230 e. The van der Waals surface area contributed by atoms with E-state index in [-0.39, 0.29) is 28.4 Å². The van der Waals surface area contributed by atoms with Crippen molar-refractivity contribution in [2.45, 2.75) is 36.7 Å². The first-order chi connectivity index (χ1) is 9.09. The lowest BCUT2D eigenvalue weighted by atomic mass is 10.0. The Hall–Kier alpha value is -1.10. The summed E-state index contributed by atoms with van der Waals surface area (Å²) in [6.07, 6.45) is 4.15. The van der Waals surface area contributed by atoms with E-state index in [9.17, 15) is 13.6 Å². The zero-order valence-corrected chi connectivity index (χ0v) is 11.4. The molecule has 1 saturated carbocycles. The van der Waals surface area contributed by atoms with E-state index in [1.165, 1.54) is 30.0 Å². The lowest BCUT2D eigenvalue weighted by molar-refractivity contribution is -0.118. The summed E-state index contributed by atoms with van der Waals surface area (Å²) < 4.78 is 27.0. The van der Waals surface area contributed by atoms with Gasteiger partial charge in [0.05, 0.1) is 5.25 Å². The van der Waals surface area contributed by atoms with Gasteiger partial charge in [-0.3, -0.25) is 4.79 Å². The zero-order valence-electron chi connectivity index (χ0n) is 10.6. The van der Waals surface area contributed by atoms with Crippen molar-refractivity contribution >= 4 is 17.7 Å². The van der Waals surface area contributed by atoms with Crippen LogP contribution >= 0.6 is 11.8 Å². The SMILES string of the molecule is NC(=O)C(SCc1c(F)cccc1F)C1CCCC1. The number of rotatable bonds is 5. The average molecular weight is 285 g/mol. The van der Waals surface area contributed by atoms with Crippen molar-refractivity contribution in [3.8, 4) is 0 Å². The van der Waals surface area contributed by atoms with Gasteiger partial charge >= 0.3 is 0 Å². The minimum absolute atomic E-state index is 0.0248. The number of benzene rings is 1. The fourth-order valence-corrected chi connectivity index (χ4v) is 3.88. The third-order valence-corrected chi connectivity index (χ3v) is 5.01. The number of carbonyl (C=O) groups excluding carboxylic acids is 1. The molecule has 0 saturated heterocycles. The molecule has 0 bridgehead atoms. The number of carbonyl (C=O) groups is 1. The Labute approximate surface area is 115 Å². The highest BCUT2D eigenvalue weighted by molar-refractivity contribution is 7.99. The fourth-order valence-electron chi connectivity index (χ4n) is 2.55. The molecule has 5 heteroatoms. The maximum Gasteiger partial charge on any atom is 0.230 e. The molecule has 2 N–H and O–H groups in total. The van der Waals surface area contributed by atoms with Crippen molar-refractivity contribution < 1.29 is 13.6 Å². The van der Waals surface area contributed by atoms with Crippen LogP contribution in [0.25, 0.3) is 0 Å². The normalized spacial score (nSPS) is 17.6. The summed E-state index contributed by atoms with van der Waals surface area (Å²) in [7, 11) is 0. The van der Waals surface area contributed by atoms with Gasteiger partial charge in [0.15, 0.2) is 0 Å². The van der Waals surface area contributed by atoms with E-state index in [1.807, 2.05) is 0 Å². The minimum atomic E-state index is -0.567. The molecule has 0 aromatic heterocycles. The summed E-state index contributed by atoms with van der Waals surface area (Å²) in [5.74, 6) is -1.13. The summed E-state index contributed by atoms with van der Waals surface area (Å²) in [5, 5.41) is -0.346. The molecule has 0 radical (unpaired) electrons. The monoisotopic (exact) mass is 285 g/mol. The second-order valence-corrected chi connectivity index (χ2v) is 6.01. The highest BCUT2D eigenvalue weighted by atomic mass is 32.2. The topological polar surface area (TPSA) is 43.1 Å². The molecule has 2 rings (SSSR count). The highest BCUT2D eigenvalue weighted by Gasteiger charge is 2.29. The Balaban J connectivity index is 2.04. The maximum absolute atomic E-state index is 13.5. The number of thioether (sulfide) groups is 1. The van der Waals surface area contributed by atoms with Gasteiger partial charge in [0.1, 0.15) is 11.6 Å². The first-order valence-electron chi connectivity index (χ1n) is 6.43. The van der Waals surface area contributed by atoms with E-state index in [4.69, 9.17) is 5.73 Å². The highest BCUT2D eigenvalue weighted by Crippen LogP contribution is 2.35. The van der Waals surface area contributed by atoms with Crippen LogP contribution in [-0.4, -0.2) is 11.2 Å². The van der Waals surface area contributed by atoms with E-state index < -0.39 is 11.6 Å². The minimum Gasteiger partial charge on any atom is -0.369 e. The summed E-state index contributed by atoms with van der Waals surface area (Å²) in [6.45, 7) is 0. The van der Waals surface area contributed by atoms with E-state index in [0.717, 1.165) is 25.7 Å². The van der Waals surface area contributed by atoms with Gasteiger partial charge in [-0.15, -0.1) is 11.8 Å². The Morgan fingerprint density at radius 1 is 1.32 bits per heavy atom. The first-order valence-corrected chi connectivity index (χ1v) is 7.48. The van der Waals surface area contributed by atoms with Crippen LogP contribution in [0, 0.1) is 17.6 Å². The molecule has 1 aromatic rings. The number of nitrogens with two attached hydrogens (primary N) is 1. The van der Waals surface area contributed by atoms with Crippen molar-refractivity contribution in [2.24, 2.45) is 11.7 Å². The van der Waals surface area contributed by atoms with Crippen LogP contribution in [0.2, 0.25) is 0 Å². The molecule has 1 aliphatic rings.